The molecule has 206 valence electrons. The van der Waals surface area contributed by atoms with E-state index in [1.54, 1.807) is 60.0 Å². The predicted molar refractivity (Wildman–Crippen MR) is 132 cm³/mol. The molecule has 0 fully saturated rings. The van der Waals surface area contributed by atoms with E-state index in [0.29, 0.717) is 0 Å². The topological polar surface area (TPSA) is 41.9 Å². The zero-order valence-corrected chi connectivity index (χ0v) is 23.6. The van der Waals surface area contributed by atoms with Gasteiger partial charge in [-0.2, -0.15) is 9.13 Å². The average Bonchev–Trinajstić information content (AvgIpc) is 3.15. The number of thiazole rings is 2. The molecule has 36 heavy (non-hydrogen) atoms. The Bertz CT molecular complexity index is 934. The molecule has 2 aromatic rings. The summed E-state index contributed by atoms with van der Waals surface area (Å²) in [5.41, 5.74) is 2.09. The second-order valence-corrected chi connectivity index (χ2v) is 11.9. The van der Waals surface area contributed by atoms with E-state index >= 15 is 0 Å². The van der Waals surface area contributed by atoms with E-state index in [9.17, 15) is 44.1 Å². The van der Waals surface area contributed by atoms with Crippen molar-refractivity contribution in [1.29, 1.82) is 0 Å². The van der Waals surface area contributed by atoms with Gasteiger partial charge in [-0.15, -0.1) is 0 Å². The highest BCUT2D eigenvalue weighted by Gasteiger charge is 2.30. The minimum absolute atomic E-state index is 0.129. The molecule has 0 saturated heterocycles. The molecule has 0 aliphatic carbocycles. The highest BCUT2D eigenvalue weighted by molar-refractivity contribution is 8.01. The zero-order valence-electron chi connectivity index (χ0n) is 20.4. The van der Waals surface area contributed by atoms with E-state index < -0.39 is 14.5 Å². The van der Waals surface area contributed by atoms with Crippen molar-refractivity contribution in [2.45, 2.75) is 63.3 Å². The number of hydrogen-bond donors (Lipinski definition) is 0. The van der Waals surface area contributed by atoms with Crippen molar-refractivity contribution in [3.05, 3.63) is 21.1 Å². The third kappa shape index (κ3) is 13.4. The summed E-state index contributed by atoms with van der Waals surface area (Å²) in [5, 5.41) is 0. The number of aromatic nitrogens is 2. The molecule has 18 heteroatoms. The molecular formula is C18H26B2F8N2O2S4. The fourth-order valence-electron chi connectivity index (χ4n) is 2.78. The maximum atomic E-state index is 11.9. The Labute approximate surface area is 221 Å². The Balaban J connectivity index is 0.00000104. The van der Waals surface area contributed by atoms with Crippen LogP contribution < -0.4 is 9.13 Å². The van der Waals surface area contributed by atoms with Gasteiger partial charge >= 0.3 is 14.5 Å². The first-order valence-electron chi connectivity index (χ1n) is 10.4. The van der Waals surface area contributed by atoms with Crippen LogP contribution in [0.25, 0.3) is 0 Å². The Kier molecular flexibility index (Phi) is 14.8. The molecule has 0 spiro atoms. The number of thioether (sulfide) groups is 2. The van der Waals surface area contributed by atoms with E-state index in [0.717, 1.165) is 45.7 Å². The Morgan fingerprint density at radius 2 is 0.944 bits per heavy atom. The smallest absolute Gasteiger partial charge is 0.418 e. The second kappa shape index (κ2) is 15.3. The lowest BCUT2D eigenvalue weighted by Crippen LogP contribution is -2.47. The van der Waals surface area contributed by atoms with E-state index in [2.05, 4.69) is 23.0 Å². The van der Waals surface area contributed by atoms with Gasteiger partial charge in [0, 0.05) is 39.2 Å². The van der Waals surface area contributed by atoms with Crippen LogP contribution in [0.5, 0.6) is 0 Å². The van der Waals surface area contributed by atoms with Gasteiger partial charge in [0.25, 0.3) is 8.68 Å². The van der Waals surface area contributed by atoms with Crippen LogP contribution in [-0.4, -0.2) is 37.6 Å². The summed E-state index contributed by atoms with van der Waals surface area (Å²) < 4.78 is 84.9. The van der Waals surface area contributed by atoms with Gasteiger partial charge in [0.2, 0.25) is 24.5 Å². The van der Waals surface area contributed by atoms with Gasteiger partial charge in [0.05, 0.1) is 0 Å². The standard InChI is InChI=1S/C18H26N2O2S4.2BF4/c1-7-23-17-19(11(3)15(25-17)13(5)21)9-10-20-12(4)16(14(6)22)26-18(20)24-8-2;2*2-1(3,4)5/h7-10H2,1-6H3;;/q+2;2*-1. The highest BCUT2D eigenvalue weighted by Crippen LogP contribution is 2.27. The van der Waals surface area contributed by atoms with Gasteiger partial charge in [-0.05, 0) is 23.5 Å². The average molecular weight is 604 g/mol. The van der Waals surface area contributed by atoms with E-state index in [-0.39, 0.29) is 11.6 Å². The molecular weight excluding hydrogens is 578 g/mol. The number of rotatable bonds is 9. The van der Waals surface area contributed by atoms with Crippen LogP contribution in [0.4, 0.5) is 34.5 Å². The van der Waals surface area contributed by atoms with Crippen molar-refractivity contribution < 1.29 is 53.2 Å². The Morgan fingerprint density at radius 3 is 1.14 bits per heavy atom. The van der Waals surface area contributed by atoms with Crippen molar-refractivity contribution in [1.82, 2.24) is 0 Å². The molecule has 0 N–H and O–H groups in total. The van der Waals surface area contributed by atoms with E-state index in [4.69, 9.17) is 0 Å². The summed E-state index contributed by atoms with van der Waals surface area (Å²) in [5.74, 6) is 2.22. The van der Waals surface area contributed by atoms with E-state index in [1.165, 1.54) is 8.68 Å². The number of Topliss-reactive ketones (excluding diaryl/α,β-unsaturated/α-hetero) is 2. The minimum atomic E-state index is -6.00. The molecule has 0 aromatic carbocycles. The first-order chi connectivity index (χ1) is 16.3. The SMILES string of the molecule is CCSc1sc(C(C)=O)c(C)[n+]1CC[n+]1c(SCC)sc(C(C)=O)c1C.F[B-](F)(F)F.F[B-](F)(F)F. The number of halogens is 8. The van der Waals surface area contributed by atoms with Gasteiger partial charge in [0.1, 0.15) is 9.75 Å². The van der Waals surface area contributed by atoms with Crippen molar-refractivity contribution >= 4 is 72.3 Å². The van der Waals surface area contributed by atoms with Crippen LogP contribution in [0.1, 0.15) is 58.4 Å². The molecule has 2 rings (SSSR count). The summed E-state index contributed by atoms with van der Waals surface area (Å²) in [6.07, 6.45) is 0. The maximum Gasteiger partial charge on any atom is 0.673 e. The quantitative estimate of drug-likeness (QED) is 0.102. The molecule has 4 nitrogen and oxygen atoms in total. The molecule has 0 atom stereocenters. The fourth-order valence-corrected chi connectivity index (χ4v) is 7.55. The summed E-state index contributed by atoms with van der Waals surface area (Å²) in [4.78, 5) is 25.5. The number of carbonyl (C=O) groups excluding carboxylic acids is 2. The fraction of sp³-hybridized carbons (Fsp3) is 0.556. The van der Waals surface area contributed by atoms with Crippen LogP contribution in [0, 0.1) is 13.8 Å². The highest BCUT2D eigenvalue weighted by atomic mass is 32.2. The van der Waals surface area contributed by atoms with Gasteiger partial charge in [-0.1, -0.05) is 36.5 Å². The van der Waals surface area contributed by atoms with Crippen molar-refractivity contribution in [3.8, 4) is 0 Å². The molecule has 0 aliphatic rings. The largest absolute Gasteiger partial charge is 0.673 e. The van der Waals surface area contributed by atoms with Crippen molar-refractivity contribution in [2.24, 2.45) is 0 Å². The number of nitrogens with zero attached hydrogens (tertiary/aromatic N) is 2. The molecule has 2 heterocycles. The molecule has 0 saturated carbocycles. The Hall–Kier alpha value is -1.13. The lowest BCUT2D eigenvalue weighted by Gasteiger charge is -2.00. The summed E-state index contributed by atoms with van der Waals surface area (Å²) in [6.45, 7) is 13.2. The normalized spacial score (nSPS) is 11.4. The van der Waals surface area contributed by atoms with Gasteiger partial charge < -0.3 is 34.5 Å². The minimum Gasteiger partial charge on any atom is -0.418 e. The van der Waals surface area contributed by atoms with Crippen LogP contribution in [0.15, 0.2) is 8.68 Å². The summed E-state index contributed by atoms with van der Waals surface area (Å²) >= 11 is 6.75. The van der Waals surface area contributed by atoms with Gasteiger partial charge in [0.15, 0.2) is 11.6 Å². The van der Waals surface area contributed by atoms with E-state index in [1.807, 2.05) is 13.8 Å². The molecule has 0 radical (unpaired) electrons. The number of carbonyl (C=O) groups is 2. The van der Waals surface area contributed by atoms with Crippen LogP contribution in [0.2, 0.25) is 0 Å². The molecule has 0 unspecified atom stereocenters. The summed E-state index contributed by atoms with van der Waals surface area (Å²) in [7, 11) is -12.0. The Morgan fingerprint density at radius 1 is 0.694 bits per heavy atom. The number of ketones is 2. The van der Waals surface area contributed by atoms with Gasteiger partial charge in [-0.25, -0.2) is 0 Å². The molecule has 0 aliphatic heterocycles. The predicted octanol–water partition coefficient (Wildman–Crippen LogP) is 6.93. The van der Waals surface area contributed by atoms with Crippen LogP contribution in [-0.2, 0) is 13.1 Å². The van der Waals surface area contributed by atoms with Gasteiger partial charge in [-0.3, -0.25) is 9.59 Å². The number of hydrogen-bond acceptors (Lipinski definition) is 6. The second-order valence-electron chi connectivity index (χ2n) is 6.84. The first-order valence-corrected chi connectivity index (χ1v) is 14.0. The third-order valence-corrected chi connectivity index (χ3v) is 9.09. The third-order valence-electron chi connectivity index (χ3n) is 4.01. The zero-order chi connectivity index (χ0) is 28.4. The first kappa shape index (κ1) is 34.9. The van der Waals surface area contributed by atoms with Crippen LogP contribution >= 0.6 is 46.2 Å². The van der Waals surface area contributed by atoms with Crippen molar-refractivity contribution in [2.75, 3.05) is 11.5 Å². The lowest BCUT2D eigenvalue weighted by atomic mass is 10.3. The summed E-state index contributed by atoms with van der Waals surface area (Å²) in [6, 6.07) is 0. The lowest BCUT2D eigenvalue weighted by molar-refractivity contribution is -0.810. The maximum absolute atomic E-state index is 11.9. The molecule has 2 aromatic heterocycles. The molecule has 0 amide bonds. The van der Waals surface area contributed by atoms with Crippen LogP contribution in [0.3, 0.4) is 0 Å². The molecule has 0 bridgehead atoms. The van der Waals surface area contributed by atoms with Crippen molar-refractivity contribution in [3.63, 3.8) is 0 Å². The monoisotopic (exact) mass is 604 g/mol.